The first-order chi connectivity index (χ1) is 17.6. The van der Waals surface area contributed by atoms with E-state index in [4.69, 9.17) is 16.6 Å². The van der Waals surface area contributed by atoms with Crippen molar-refractivity contribution in [3.63, 3.8) is 0 Å². The Labute approximate surface area is 215 Å². The summed E-state index contributed by atoms with van der Waals surface area (Å²) in [4.78, 5) is 26.2. The number of anilines is 1. The van der Waals surface area contributed by atoms with Crippen molar-refractivity contribution in [2.75, 3.05) is 31.1 Å². The third-order valence-electron chi connectivity index (χ3n) is 5.72. The van der Waals surface area contributed by atoms with E-state index in [0.717, 1.165) is 17.7 Å². The molecule has 192 valence electrons. The number of carbonyl (C=O) groups excluding carboxylic acids is 1. The lowest BCUT2D eigenvalue weighted by molar-refractivity contribution is -0.384. The van der Waals surface area contributed by atoms with Crippen molar-refractivity contribution >= 4 is 40.7 Å². The average molecular weight is 531 g/mol. The zero-order chi connectivity index (χ0) is 26.6. The molecule has 0 aliphatic carbocycles. The van der Waals surface area contributed by atoms with E-state index < -0.39 is 28.3 Å². The van der Waals surface area contributed by atoms with Crippen molar-refractivity contribution in [1.82, 2.24) is 10.2 Å². The van der Waals surface area contributed by atoms with Gasteiger partial charge in [-0.25, -0.2) is 0 Å². The fourth-order valence-corrected chi connectivity index (χ4v) is 4.13. The Kier molecular flexibility index (Phi) is 7.58. The molecule has 4 rings (SSSR count). The second kappa shape index (κ2) is 10.8. The maximum atomic E-state index is 13.0. The van der Waals surface area contributed by atoms with Crippen molar-refractivity contribution in [1.29, 1.82) is 0 Å². The van der Waals surface area contributed by atoms with E-state index in [1.165, 1.54) is 12.2 Å². The van der Waals surface area contributed by atoms with Crippen LogP contribution in [0, 0.1) is 10.1 Å². The summed E-state index contributed by atoms with van der Waals surface area (Å²) in [6, 6.07) is 15.5. The number of carbonyl (C=O) groups is 1. The summed E-state index contributed by atoms with van der Waals surface area (Å²) in [5.41, 5.74) is -0.681. The van der Waals surface area contributed by atoms with Gasteiger partial charge in [0.15, 0.2) is 5.11 Å². The molecule has 2 aromatic carbocycles. The molecule has 1 aromatic heterocycles. The molecular weight excluding hydrogens is 509 g/mol. The zero-order valence-electron chi connectivity index (χ0n) is 19.3. The topological polar surface area (TPSA) is 91.9 Å². The number of nitro benzene ring substituents is 1. The van der Waals surface area contributed by atoms with Gasteiger partial charge < -0.3 is 14.2 Å². The van der Waals surface area contributed by atoms with Gasteiger partial charge in [-0.2, -0.15) is 13.2 Å². The molecular formula is C25H21F3N4O4S. The lowest BCUT2D eigenvalue weighted by Crippen LogP contribution is -2.52. The van der Waals surface area contributed by atoms with Crippen LogP contribution >= 0.6 is 12.2 Å². The lowest BCUT2D eigenvalue weighted by Gasteiger charge is -2.36. The summed E-state index contributed by atoms with van der Waals surface area (Å²) in [6.07, 6.45) is -1.87. The number of thiocarbonyl (C=S) groups is 1. The molecule has 0 bridgehead atoms. The van der Waals surface area contributed by atoms with E-state index in [1.54, 1.807) is 21.9 Å². The Morgan fingerprint density at radius 1 is 1.05 bits per heavy atom. The number of nitrogens with one attached hydrogen (secondary N) is 1. The van der Waals surface area contributed by atoms with Gasteiger partial charge in [0, 0.05) is 43.9 Å². The second-order valence-electron chi connectivity index (χ2n) is 8.13. The summed E-state index contributed by atoms with van der Waals surface area (Å²) in [5, 5.41) is 14.2. The van der Waals surface area contributed by atoms with Crippen LogP contribution in [0.2, 0.25) is 0 Å². The average Bonchev–Trinajstić information content (AvgIpc) is 3.36. The zero-order valence-corrected chi connectivity index (χ0v) is 20.1. The number of benzene rings is 2. The highest BCUT2D eigenvalue weighted by atomic mass is 32.1. The standard InChI is InChI=1S/C25H21F3N4O4S/c26-25(27,28)18-6-9-20(21(16-18)32(34)35)30-12-14-31(15-13-30)24(37)29-23(33)11-8-19-7-10-22(36-19)17-4-2-1-3-5-17/h1-11,16H,12-15H2,(H,29,33,37)/b11-8+. The van der Waals surface area contributed by atoms with Crippen LogP contribution < -0.4 is 10.2 Å². The Morgan fingerprint density at radius 2 is 1.76 bits per heavy atom. The fourth-order valence-electron chi connectivity index (χ4n) is 3.85. The third kappa shape index (κ3) is 6.33. The number of rotatable bonds is 5. The monoisotopic (exact) mass is 530 g/mol. The van der Waals surface area contributed by atoms with Gasteiger partial charge in [-0.15, -0.1) is 0 Å². The summed E-state index contributed by atoms with van der Waals surface area (Å²) in [7, 11) is 0. The highest BCUT2D eigenvalue weighted by Gasteiger charge is 2.34. The molecule has 1 N–H and O–H groups in total. The first-order valence-corrected chi connectivity index (χ1v) is 11.6. The van der Waals surface area contributed by atoms with Gasteiger partial charge in [-0.1, -0.05) is 30.3 Å². The Hall–Kier alpha value is -4.19. The van der Waals surface area contributed by atoms with Crippen molar-refractivity contribution in [2.24, 2.45) is 0 Å². The molecule has 3 aromatic rings. The van der Waals surface area contributed by atoms with Crippen molar-refractivity contribution < 1.29 is 27.3 Å². The van der Waals surface area contributed by atoms with E-state index in [2.05, 4.69) is 5.32 Å². The van der Waals surface area contributed by atoms with E-state index in [0.29, 0.717) is 30.7 Å². The molecule has 1 saturated heterocycles. The first kappa shape index (κ1) is 25.9. The van der Waals surface area contributed by atoms with Crippen molar-refractivity contribution in [2.45, 2.75) is 6.18 Å². The minimum Gasteiger partial charge on any atom is -0.457 e. The van der Waals surface area contributed by atoms with Gasteiger partial charge in [0.05, 0.1) is 10.5 Å². The Balaban J connectivity index is 1.32. The van der Waals surface area contributed by atoms with Gasteiger partial charge in [0.25, 0.3) is 5.69 Å². The van der Waals surface area contributed by atoms with Crippen LogP contribution in [0.15, 0.2) is 71.2 Å². The van der Waals surface area contributed by atoms with Gasteiger partial charge in [0.1, 0.15) is 17.2 Å². The highest BCUT2D eigenvalue weighted by Crippen LogP contribution is 2.36. The van der Waals surface area contributed by atoms with Gasteiger partial charge >= 0.3 is 6.18 Å². The molecule has 0 radical (unpaired) electrons. The number of nitrogens with zero attached hydrogens (tertiary/aromatic N) is 3. The predicted molar refractivity (Wildman–Crippen MR) is 136 cm³/mol. The van der Waals surface area contributed by atoms with Crippen molar-refractivity contribution in [3.8, 4) is 11.3 Å². The Morgan fingerprint density at radius 3 is 2.41 bits per heavy atom. The Bertz CT molecular complexity index is 1330. The molecule has 1 aliphatic heterocycles. The van der Waals surface area contributed by atoms with Crippen LogP contribution in [-0.4, -0.2) is 47.0 Å². The number of halogens is 3. The number of amides is 1. The molecule has 1 amide bonds. The molecule has 2 heterocycles. The largest absolute Gasteiger partial charge is 0.457 e. The summed E-state index contributed by atoms with van der Waals surface area (Å²) >= 11 is 5.31. The summed E-state index contributed by atoms with van der Waals surface area (Å²) in [5.74, 6) is 0.706. The maximum Gasteiger partial charge on any atom is 0.416 e. The van der Waals surface area contributed by atoms with Crippen molar-refractivity contribution in [3.05, 3.63) is 88.2 Å². The molecule has 0 unspecified atom stereocenters. The van der Waals surface area contributed by atoms with Gasteiger partial charge in [-0.3, -0.25) is 20.2 Å². The summed E-state index contributed by atoms with van der Waals surface area (Å²) < 4.78 is 44.6. The first-order valence-electron chi connectivity index (χ1n) is 11.2. The third-order valence-corrected chi connectivity index (χ3v) is 6.08. The number of furan rings is 1. The van der Waals surface area contributed by atoms with Gasteiger partial charge in [0.2, 0.25) is 5.91 Å². The van der Waals surface area contributed by atoms with Gasteiger partial charge in [-0.05, 0) is 42.6 Å². The minimum atomic E-state index is -4.68. The quantitative estimate of drug-likeness (QED) is 0.212. The van der Waals surface area contributed by atoms with Crippen LogP contribution in [0.5, 0.6) is 0 Å². The fraction of sp³-hybridized carbons (Fsp3) is 0.200. The van der Waals surface area contributed by atoms with Crippen LogP contribution in [0.25, 0.3) is 17.4 Å². The molecule has 0 atom stereocenters. The molecule has 12 heteroatoms. The van der Waals surface area contributed by atoms with Crippen LogP contribution in [0.3, 0.4) is 0 Å². The number of nitro groups is 1. The lowest BCUT2D eigenvalue weighted by atomic mass is 10.1. The number of piperazine rings is 1. The van der Waals surface area contributed by atoms with Crippen LogP contribution in [-0.2, 0) is 11.0 Å². The van der Waals surface area contributed by atoms with E-state index >= 15 is 0 Å². The second-order valence-corrected chi connectivity index (χ2v) is 8.51. The highest BCUT2D eigenvalue weighted by molar-refractivity contribution is 7.80. The molecule has 0 spiro atoms. The minimum absolute atomic E-state index is 0.101. The number of alkyl halides is 3. The molecule has 1 aliphatic rings. The summed E-state index contributed by atoms with van der Waals surface area (Å²) in [6.45, 7) is 1.18. The van der Waals surface area contributed by atoms with E-state index in [1.807, 2.05) is 30.3 Å². The van der Waals surface area contributed by atoms with E-state index in [-0.39, 0.29) is 23.9 Å². The predicted octanol–water partition coefficient (Wildman–Crippen LogP) is 5.11. The molecule has 1 fully saturated rings. The van der Waals surface area contributed by atoms with E-state index in [9.17, 15) is 28.1 Å². The molecule has 8 nitrogen and oxygen atoms in total. The molecule has 0 saturated carbocycles. The SMILES string of the molecule is O=C(/C=C/c1ccc(-c2ccccc2)o1)NC(=S)N1CCN(c2ccc(C(F)(F)F)cc2[N+](=O)[O-])CC1. The number of hydrogen-bond acceptors (Lipinski definition) is 6. The number of hydrogen-bond donors (Lipinski definition) is 1. The van der Waals surface area contributed by atoms with Crippen LogP contribution in [0.4, 0.5) is 24.5 Å². The normalized spacial score (nSPS) is 14.1. The molecule has 37 heavy (non-hydrogen) atoms. The maximum absolute atomic E-state index is 13.0. The smallest absolute Gasteiger partial charge is 0.416 e. The van der Waals surface area contributed by atoms with Crippen LogP contribution in [0.1, 0.15) is 11.3 Å².